The smallest absolute Gasteiger partial charge is 0.257 e. The number of piperazine rings is 1. The maximum atomic E-state index is 12.8. The van der Waals surface area contributed by atoms with Gasteiger partial charge in [-0.25, -0.2) is 0 Å². The lowest BCUT2D eigenvalue weighted by molar-refractivity contribution is -0.133. The van der Waals surface area contributed by atoms with Crippen LogP contribution in [0.2, 0.25) is 10.0 Å². The van der Waals surface area contributed by atoms with Crippen molar-refractivity contribution < 1.29 is 14.4 Å². The van der Waals surface area contributed by atoms with Crippen LogP contribution in [0.5, 0.6) is 0 Å². The summed E-state index contributed by atoms with van der Waals surface area (Å²) in [4.78, 5) is 44.9. The highest BCUT2D eigenvalue weighted by atomic mass is 35.5. The Hall–Kier alpha value is -3.42. The predicted octanol–water partition coefficient (Wildman–Crippen LogP) is 4.22. The fourth-order valence-corrected chi connectivity index (χ4v) is 3.95. The van der Waals surface area contributed by atoms with E-state index in [1.165, 1.54) is 23.1 Å². The van der Waals surface area contributed by atoms with Crippen molar-refractivity contribution in [2.24, 2.45) is 0 Å². The summed E-state index contributed by atoms with van der Waals surface area (Å²) in [6, 6.07) is 15.1. The molecule has 0 spiro atoms. The first-order chi connectivity index (χ1) is 15.8. The second-order valence-electron chi connectivity index (χ2n) is 7.60. The highest BCUT2D eigenvalue weighted by Gasteiger charge is 2.26. The SMILES string of the molecule is CN1CCN(C(=O)c2ccc(C(=O)Nc3ccc(Cl)c(-c4ccccn4)c3)c(Cl)c2)CC1=O. The molecule has 1 fully saturated rings. The van der Waals surface area contributed by atoms with Crippen LogP contribution in [0, 0.1) is 0 Å². The molecular weight excluding hydrogens is 463 g/mol. The van der Waals surface area contributed by atoms with Crippen molar-refractivity contribution in [3.05, 3.63) is 82.0 Å². The Kier molecular flexibility index (Phi) is 6.62. The number of pyridine rings is 1. The molecule has 0 saturated carbocycles. The number of carbonyl (C=O) groups is 3. The molecule has 0 bridgehead atoms. The van der Waals surface area contributed by atoms with Gasteiger partial charge >= 0.3 is 0 Å². The molecule has 168 valence electrons. The number of halogens is 2. The van der Waals surface area contributed by atoms with Crippen LogP contribution in [0.4, 0.5) is 5.69 Å². The third-order valence-electron chi connectivity index (χ3n) is 5.37. The van der Waals surface area contributed by atoms with Gasteiger partial charge < -0.3 is 15.1 Å². The molecular formula is C24H20Cl2N4O3. The van der Waals surface area contributed by atoms with Gasteiger partial charge in [0.1, 0.15) is 6.54 Å². The van der Waals surface area contributed by atoms with Crippen LogP contribution in [0.3, 0.4) is 0 Å². The Balaban J connectivity index is 1.50. The minimum Gasteiger partial charge on any atom is -0.342 e. The van der Waals surface area contributed by atoms with Gasteiger partial charge in [-0.05, 0) is 48.5 Å². The van der Waals surface area contributed by atoms with Crippen LogP contribution in [0.15, 0.2) is 60.8 Å². The van der Waals surface area contributed by atoms with E-state index in [1.54, 1.807) is 42.4 Å². The van der Waals surface area contributed by atoms with Crippen LogP contribution in [0.1, 0.15) is 20.7 Å². The van der Waals surface area contributed by atoms with E-state index in [-0.39, 0.29) is 28.9 Å². The first-order valence-corrected chi connectivity index (χ1v) is 10.9. The van der Waals surface area contributed by atoms with Crippen LogP contribution >= 0.6 is 23.2 Å². The summed E-state index contributed by atoms with van der Waals surface area (Å²) in [5.74, 6) is -0.851. The number of nitrogens with zero attached hydrogens (tertiary/aromatic N) is 3. The van der Waals surface area contributed by atoms with Gasteiger partial charge in [0.2, 0.25) is 5.91 Å². The van der Waals surface area contributed by atoms with Crippen molar-refractivity contribution in [1.82, 2.24) is 14.8 Å². The molecule has 7 nitrogen and oxygen atoms in total. The van der Waals surface area contributed by atoms with Gasteiger partial charge in [-0.3, -0.25) is 19.4 Å². The molecule has 1 aliphatic rings. The standard InChI is InChI=1S/C24H20Cl2N4O3/c1-29-10-11-30(14-22(29)31)24(33)15-5-7-17(20(26)12-15)23(32)28-16-6-8-19(25)18(13-16)21-4-2-3-9-27-21/h2-9,12-13H,10-11,14H2,1H3,(H,28,32). The van der Waals surface area contributed by atoms with E-state index >= 15 is 0 Å². The molecule has 1 saturated heterocycles. The summed E-state index contributed by atoms with van der Waals surface area (Å²) in [5.41, 5.74) is 2.43. The second-order valence-corrected chi connectivity index (χ2v) is 8.41. The number of amides is 3. The van der Waals surface area contributed by atoms with Crippen molar-refractivity contribution in [2.45, 2.75) is 0 Å². The molecule has 2 heterocycles. The zero-order chi connectivity index (χ0) is 23.5. The number of aromatic nitrogens is 1. The molecule has 1 aromatic heterocycles. The van der Waals surface area contributed by atoms with Gasteiger partial charge in [0.15, 0.2) is 0 Å². The lowest BCUT2D eigenvalue weighted by Crippen LogP contribution is -2.50. The highest BCUT2D eigenvalue weighted by Crippen LogP contribution is 2.30. The number of nitrogens with one attached hydrogen (secondary N) is 1. The number of hydrogen-bond donors (Lipinski definition) is 1. The third kappa shape index (κ3) is 4.99. The van der Waals surface area contributed by atoms with E-state index in [0.29, 0.717) is 40.6 Å². The molecule has 9 heteroatoms. The van der Waals surface area contributed by atoms with Crippen molar-refractivity contribution in [2.75, 3.05) is 32.0 Å². The molecule has 3 amide bonds. The molecule has 4 rings (SSSR count). The minimum atomic E-state index is -0.428. The summed E-state index contributed by atoms with van der Waals surface area (Å²) >= 11 is 12.6. The topological polar surface area (TPSA) is 82.6 Å². The van der Waals surface area contributed by atoms with Crippen LogP contribution < -0.4 is 5.32 Å². The number of rotatable bonds is 4. The van der Waals surface area contributed by atoms with Crippen LogP contribution in [-0.4, -0.2) is 59.2 Å². The summed E-state index contributed by atoms with van der Waals surface area (Å²) in [6.45, 7) is 0.931. The summed E-state index contributed by atoms with van der Waals surface area (Å²) in [5, 5.41) is 3.45. The van der Waals surface area contributed by atoms with Crippen molar-refractivity contribution in [3.63, 3.8) is 0 Å². The first kappa shape index (κ1) is 22.8. The summed E-state index contributed by atoms with van der Waals surface area (Å²) in [6.07, 6.45) is 1.66. The molecule has 0 unspecified atom stereocenters. The number of benzene rings is 2. The Labute approximate surface area is 200 Å². The zero-order valence-corrected chi connectivity index (χ0v) is 19.2. The largest absolute Gasteiger partial charge is 0.342 e. The number of likely N-dealkylation sites (N-methyl/N-ethyl adjacent to an activating group) is 1. The maximum absolute atomic E-state index is 12.8. The van der Waals surface area contributed by atoms with Crippen molar-refractivity contribution >= 4 is 46.6 Å². The number of carbonyl (C=O) groups excluding carboxylic acids is 3. The molecule has 1 aliphatic heterocycles. The van der Waals surface area contributed by atoms with E-state index in [4.69, 9.17) is 23.2 Å². The molecule has 33 heavy (non-hydrogen) atoms. The lowest BCUT2D eigenvalue weighted by Gasteiger charge is -2.32. The van der Waals surface area contributed by atoms with Gasteiger partial charge in [0.25, 0.3) is 11.8 Å². The fraction of sp³-hybridized carbons (Fsp3) is 0.167. The molecule has 0 radical (unpaired) electrons. The number of anilines is 1. The van der Waals surface area contributed by atoms with Gasteiger partial charge in [0.05, 0.1) is 21.3 Å². The van der Waals surface area contributed by atoms with E-state index in [2.05, 4.69) is 10.3 Å². The van der Waals surface area contributed by atoms with Crippen LogP contribution in [0.25, 0.3) is 11.3 Å². The maximum Gasteiger partial charge on any atom is 0.257 e. The minimum absolute atomic E-state index is 0.0182. The van der Waals surface area contributed by atoms with E-state index < -0.39 is 5.91 Å². The average molecular weight is 483 g/mol. The quantitative estimate of drug-likeness (QED) is 0.603. The Morgan fingerprint density at radius 3 is 2.52 bits per heavy atom. The Bertz CT molecular complexity index is 1230. The monoisotopic (exact) mass is 482 g/mol. The van der Waals surface area contributed by atoms with Gasteiger partial charge in [-0.1, -0.05) is 29.3 Å². The lowest BCUT2D eigenvalue weighted by atomic mass is 10.1. The summed E-state index contributed by atoms with van der Waals surface area (Å²) < 4.78 is 0. The Morgan fingerprint density at radius 2 is 1.82 bits per heavy atom. The van der Waals surface area contributed by atoms with Gasteiger partial charge in [0, 0.05) is 43.1 Å². The van der Waals surface area contributed by atoms with Gasteiger partial charge in [-0.2, -0.15) is 0 Å². The van der Waals surface area contributed by atoms with Gasteiger partial charge in [-0.15, -0.1) is 0 Å². The molecule has 2 aromatic carbocycles. The zero-order valence-electron chi connectivity index (χ0n) is 17.7. The normalized spacial score (nSPS) is 13.7. The molecule has 0 atom stereocenters. The fourth-order valence-electron chi connectivity index (χ4n) is 3.47. The van der Waals surface area contributed by atoms with E-state index in [1.807, 2.05) is 12.1 Å². The number of hydrogen-bond acceptors (Lipinski definition) is 4. The first-order valence-electron chi connectivity index (χ1n) is 10.2. The highest BCUT2D eigenvalue weighted by molar-refractivity contribution is 6.35. The summed E-state index contributed by atoms with van der Waals surface area (Å²) in [7, 11) is 1.70. The average Bonchev–Trinajstić information content (AvgIpc) is 2.82. The van der Waals surface area contributed by atoms with E-state index in [0.717, 1.165) is 0 Å². The predicted molar refractivity (Wildman–Crippen MR) is 128 cm³/mol. The van der Waals surface area contributed by atoms with Crippen LogP contribution in [-0.2, 0) is 4.79 Å². The molecule has 0 aliphatic carbocycles. The van der Waals surface area contributed by atoms with E-state index in [9.17, 15) is 14.4 Å². The second kappa shape index (κ2) is 9.60. The molecule has 3 aromatic rings. The van der Waals surface area contributed by atoms with Crippen molar-refractivity contribution in [3.8, 4) is 11.3 Å². The Morgan fingerprint density at radius 1 is 1.00 bits per heavy atom. The van der Waals surface area contributed by atoms with Crippen molar-refractivity contribution in [1.29, 1.82) is 0 Å². The third-order valence-corrected chi connectivity index (χ3v) is 6.01. The molecule has 1 N–H and O–H groups in total.